The molecule has 1 heterocycles. The summed E-state index contributed by atoms with van der Waals surface area (Å²) in [6.45, 7) is 6.05. The highest BCUT2D eigenvalue weighted by Crippen LogP contribution is 2.33. The van der Waals surface area contributed by atoms with Gasteiger partial charge in [-0.25, -0.2) is 0 Å². The molecular formula is C18H31N5O2S. The predicted molar refractivity (Wildman–Crippen MR) is 103 cm³/mol. The van der Waals surface area contributed by atoms with Crippen LogP contribution in [0.15, 0.2) is 5.16 Å². The Morgan fingerprint density at radius 2 is 1.88 bits per heavy atom. The van der Waals surface area contributed by atoms with E-state index in [0.29, 0.717) is 12.6 Å². The van der Waals surface area contributed by atoms with Crippen molar-refractivity contribution in [2.45, 2.75) is 70.5 Å². The van der Waals surface area contributed by atoms with Gasteiger partial charge in [0.2, 0.25) is 11.8 Å². The van der Waals surface area contributed by atoms with Gasteiger partial charge in [-0.1, -0.05) is 45.4 Å². The van der Waals surface area contributed by atoms with Crippen molar-refractivity contribution in [3.63, 3.8) is 0 Å². The van der Waals surface area contributed by atoms with Gasteiger partial charge >= 0.3 is 0 Å². The van der Waals surface area contributed by atoms with Crippen LogP contribution in [-0.4, -0.2) is 45.9 Å². The number of carbonyl (C=O) groups excluding carboxylic acids is 2. The number of carbonyl (C=O) groups is 2. The Kier molecular flexibility index (Phi) is 7.49. The molecule has 1 aliphatic rings. The lowest BCUT2D eigenvalue weighted by atomic mass is 9.96. The summed E-state index contributed by atoms with van der Waals surface area (Å²) < 4.78 is 2.29. The van der Waals surface area contributed by atoms with Gasteiger partial charge in [0.1, 0.15) is 5.82 Å². The van der Waals surface area contributed by atoms with Crippen molar-refractivity contribution in [1.82, 2.24) is 25.4 Å². The van der Waals surface area contributed by atoms with Crippen molar-refractivity contribution in [3.8, 4) is 0 Å². The molecule has 1 aromatic rings. The van der Waals surface area contributed by atoms with Crippen LogP contribution in [0.25, 0.3) is 0 Å². The molecule has 0 aliphatic heterocycles. The summed E-state index contributed by atoms with van der Waals surface area (Å²) in [6, 6.07) is 0.518. The van der Waals surface area contributed by atoms with E-state index in [1.165, 1.54) is 25.7 Å². The minimum absolute atomic E-state index is 0.0188. The number of rotatable bonds is 8. The Morgan fingerprint density at radius 3 is 2.50 bits per heavy atom. The van der Waals surface area contributed by atoms with Gasteiger partial charge in [0.15, 0.2) is 5.16 Å². The summed E-state index contributed by atoms with van der Waals surface area (Å²) >= 11 is 1.64. The van der Waals surface area contributed by atoms with Crippen LogP contribution in [0.1, 0.15) is 64.7 Å². The summed E-state index contributed by atoms with van der Waals surface area (Å²) in [4.78, 5) is 23.6. The zero-order valence-electron chi connectivity index (χ0n) is 16.3. The van der Waals surface area contributed by atoms with E-state index < -0.39 is 5.41 Å². The average molecular weight is 382 g/mol. The summed E-state index contributed by atoms with van der Waals surface area (Å²) in [5, 5.41) is 15.2. The highest BCUT2D eigenvalue weighted by atomic mass is 32.2. The van der Waals surface area contributed by atoms with Crippen molar-refractivity contribution in [1.29, 1.82) is 0 Å². The number of hydrogen-bond donors (Lipinski definition) is 2. The zero-order chi connectivity index (χ0) is 19.2. The molecule has 1 aliphatic carbocycles. The number of thioether (sulfide) groups is 1. The first-order valence-electron chi connectivity index (χ1n) is 9.35. The van der Waals surface area contributed by atoms with Gasteiger partial charge in [-0.2, -0.15) is 0 Å². The Bertz CT molecular complexity index is 618. The van der Waals surface area contributed by atoms with E-state index in [1.54, 1.807) is 11.8 Å². The number of aromatic nitrogens is 3. The molecule has 2 rings (SSSR count). The van der Waals surface area contributed by atoms with Crippen molar-refractivity contribution >= 4 is 23.6 Å². The quantitative estimate of drug-likeness (QED) is 0.533. The second kappa shape index (κ2) is 9.39. The minimum Gasteiger partial charge on any atom is -0.355 e. The maximum Gasteiger partial charge on any atom is 0.239 e. The molecule has 2 amide bonds. The standard InChI is InChI=1S/C18H31N5O2S/c1-18(2,3)16(25)20-12-15(24)19-11-7-10-14-21-22-17(26-4)23(14)13-8-5-6-9-13/h13H,5-12H2,1-4H3,(H,19,24)(H,20,25). The van der Waals surface area contributed by atoms with Gasteiger partial charge in [-0.3, -0.25) is 9.59 Å². The predicted octanol–water partition coefficient (Wildman–Crippen LogP) is 2.33. The SMILES string of the molecule is CSc1nnc(CCCNC(=O)CNC(=O)C(C)(C)C)n1C1CCCC1. The van der Waals surface area contributed by atoms with E-state index in [-0.39, 0.29) is 18.4 Å². The zero-order valence-corrected chi connectivity index (χ0v) is 17.1. The van der Waals surface area contributed by atoms with Gasteiger partial charge < -0.3 is 15.2 Å². The van der Waals surface area contributed by atoms with E-state index in [0.717, 1.165) is 23.8 Å². The van der Waals surface area contributed by atoms with Crippen molar-refractivity contribution in [2.75, 3.05) is 19.3 Å². The molecule has 1 aromatic heterocycles. The van der Waals surface area contributed by atoms with E-state index in [4.69, 9.17) is 0 Å². The molecule has 0 radical (unpaired) electrons. The number of aryl methyl sites for hydroxylation is 1. The summed E-state index contributed by atoms with van der Waals surface area (Å²) in [7, 11) is 0. The molecule has 0 spiro atoms. The molecule has 1 saturated carbocycles. The molecule has 7 nitrogen and oxygen atoms in total. The summed E-state index contributed by atoms with van der Waals surface area (Å²) in [6.07, 6.45) is 8.56. The normalized spacial score (nSPS) is 15.2. The van der Waals surface area contributed by atoms with Crippen molar-refractivity contribution < 1.29 is 9.59 Å². The molecule has 0 bridgehead atoms. The Morgan fingerprint density at radius 1 is 1.19 bits per heavy atom. The van der Waals surface area contributed by atoms with Crippen LogP contribution >= 0.6 is 11.8 Å². The third-order valence-electron chi connectivity index (χ3n) is 4.60. The highest BCUT2D eigenvalue weighted by molar-refractivity contribution is 7.98. The summed E-state index contributed by atoms with van der Waals surface area (Å²) in [5.41, 5.74) is -0.487. The van der Waals surface area contributed by atoms with Crippen LogP contribution in [0, 0.1) is 5.41 Å². The van der Waals surface area contributed by atoms with Gasteiger partial charge in [-0.05, 0) is 25.5 Å². The molecule has 146 valence electrons. The molecule has 0 saturated heterocycles. The maximum atomic E-state index is 11.8. The molecular weight excluding hydrogens is 350 g/mol. The Balaban J connectivity index is 1.75. The van der Waals surface area contributed by atoms with Gasteiger partial charge in [-0.15, -0.1) is 10.2 Å². The second-order valence-electron chi connectivity index (χ2n) is 7.80. The van der Waals surface area contributed by atoms with Crippen molar-refractivity contribution in [3.05, 3.63) is 5.82 Å². The van der Waals surface area contributed by atoms with Crippen molar-refractivity contribution in [2.24, 2.45) is 5.41 Å². The number of hydrogen-bond acceptors (Lipinski definition) is 5. The first-order chi connectivity index (χ1) is 12.3. The second-order valence-corrected chi connectivity index (χ2v) is 8.57. The van der Waals surface area contributed by atoms with Crippen LogP contribution in [0.4, 0.5) is 0 Å². The Hall–Kier alpha value is -1.57. The fourth-order valence-electron chi connectivity index (χ4n) is 3.11. The largest absolute Gasteiger partial charge is 0.355 e. The number of amides is 2. The maximum absolute atomic E-state index is 11.8. The molecule has 26 heavy (non-hydrogen) atoms. The molecule has 0 aromatic carbocycles. The van der Waals surface area contributed by atoms with E-state index >= 15 is 0 Å². The fourth-order valence-corrected chi connectivity index (χ4v) is 3.68. The highest BCUT2D eigenvalue weighted by Gasteiger charge is 2.23. The molecule has 0 atom stereocenters. The lowest BCUT2D eigenvalue weighted by Gasteiger charge is -2.17. The number of nitrogens with one attached hydrogen (secondary N) is 2. The van der Waals surface area contributed by atoms with E-state index in [2.05, 4.69) is 25.4 Å². The molecule has 1 fully saturated rings. The minimum atomic E-state index is -0.487. The average Bonchev–Trinajstić information content (AvgIpc) is 3.24. The lowest BCUT2D eigenvalue weighted by Crippen LogP contribution is -2.41. The third-order valence-corrected chi connectivity index (χ3v) is 5.24. The first-order valence-corrected chi connectivity index (χ1v) is 10.6. The van der Waals surface area contributed by atoms with Gasteiger partial charge in [0.25, 0.3) is 0 Å². The fraction of sp³-hybridized carbons (Fsp3) is 0.778. The van der Waals surface area contributed by atoms with Crippen LogP contribution in [0.3, 0.4) is 0 Å². The summed E-state index contributed by atoms with van der Waals surface area (Å²) in [5.74, 6) is 0.725. The van der Waals surface area contributed by atoms with Crippen LogP contribution < -0.4 is 10.6 Å². The van der Waals surface area contributed by atoms with Crippen LogP contribution in [-0.2, 0) is 16.0 Å². The molecule has 0 unspecified atom stereocenters. The number of nitrogens with zero attached hydrogens (tertiary/aromatic N) is 3. The molecule has 2 N–H and O–H groups in total. The van der Waals surface area contributed by atoms with Gasteiger partial charge in [0.05, 0.1) is 6.54 Å². The van der Waals surface area contributed by atoms with Gasteiger partial charge in [0, 0.05) is 24.4 Å². The molecule has 8 heteroatoms. The van der Waals surface area contributed by atoms with Crippen LogP contribution in [0.2, 0.25) is 0 Å². The lowest BCUT2D eigenvalue weighted by molar-refractivity contribution is -0.131. The Labute approximate surface area is 160 Å². The van der Waals surface area contributed by atoms with E-state index in [1.807, 2.05) is 27.0 Å². The first kappa shape index (κ1) is 20.7. The monoisotopic (exact) mass is 381 g/mol. The van der Waals surface area contributed by atoms with Crippen LogP contribution in [0.5, 0.6) is 0 Å². The van der Waals surface area contributed by atoms with E-state index in [9.17, 15) is 9.59 Å². The topological polar surface area (TPSA) is 88.9 Å². The smallest absolute Gasteiger partial charge is 0.239 e. The third kappa shape index (κ3) is 5.72.